The van der Waals surface area contributed by atoms with E-state index in [1.807, 2.05) is 6.92 Å². The lowest BCUT2D eigenvalue weighted by atomic mass is 10.2. The third-order valence-electron chi connectivity index (χ3n) is 2.43. The zero-order chi connectivity index (χ0) is 14.5. The van der Waals surface area contributed by atoms with Crippen molar-refractivity contribution in [2.75, 3.05) is 19.0 Å². The van der Waals surface area contributed by atoms with Gasteiger partial charge in [0.1, 0.15) is 6.33 Å². The monoisotopic (exact) mass is 340 g/mol. The van der Waals surface area contributed by atoms with Gasteiger partial charge in [0.05, 0.1) is 18.2 Å². The molecule has 1 aromatic heterocycles. The maximum Gasteiger partial charge on any atom is 0.258 e. The number of methoxy groups -OCH3 is 1. The summed E-state index contributed by atoms with van der Waals surface area (Å²) in [6, 6.07) is 3.25. The zero-order valence-electron chi connectivity index (χ0n) is 10.9. The van der Waals surface area contributed by atoms with Crippen LogP contribution >= 0.6 is 15.9 Å². The summed E-state index contributed by atoms with van der Waals surface area (Å²) in [7, 11) is 1.52. The van der Waals surface area contributed by atoms with Crippen molar-refractivity contribution in [3.05, 3.63) is 28.5 Å². The molecule has 0 fully saturated rings. The summed E-state index contributed by atoms with van der Waals surface area (Å²) < 4.78 is 11.3. The molecule has 0 atom stereocenters. The number of ether oxygens (including phenoxy) is 2. The van der Waals surface area contributed by atoms with Crippen molar-refractivity contribution in [2.45, 2.75) is 6.92 Å². The SMILES string of the molecule is CCOc1c(Br)cc(C(=O)Nc2ncn[nH]2)cc1OC. The molecular weight excluding hydrogens is 328 g/mol. The fourth-order valence-electron chi connectivity index (χ4n) is 1.58. The number of amides is 1. The first kappa shape index (κ1) is 14.3. The molecule has 2 aromatic rings. The molecule has 106 valence electrons. The summed E-state index contributed by atoms with van der Waals surface area (Å²) in [5.41, 5.74) is 0.411. The van der Waals surface area contributed by atoms with Gasteiger partial charge in [-0.1, -0.05) is 0 Å². The molecule has 0 aliphatic carbocycles. The second kappa shape index (κ2) is 6.38. The number of hydrogen-bond acceptors (Lipinski definition) is 5. The van der Waals surface area contributed by atoms with Crippen LogP contribution in [-0.2, 0) is 0 Å². The Hall–Kier alpha value is -2.09. The average Bonchev–Trinajstić information content (AvgIpc) is 2.93. The zero-order valence-corrected chi connectivity index (χ0v) is 12.5. The van der Waals surface area contributed by atoms with Crippen LogP contribution in [0.3, 0.4) is 0 Å². The van der Waals surface area contributed by atoms with Crippen molar-refractivity contribution in [3.63, 3.8) is 0 Å². The topological polar surface area (TPSA) is 89.1 Å². The summed E-state index contributed by atoms with van der Waals surface area (Å²) >= 11 is 3.37. The van der Waals surface area contributed by atoms with Crippen molar-refractivity contribution >= 4 is 27.8 Å². The maximum atomic E-state index is 12.1. The summed E-state index contributed by atoms with van der Waals surface area (Å²) in [5.74, 6) is 0.984. The minimum absolute atomic E-state index is 0.277. The highest BCUT2D eigenvalue weighted by molar-refractivity contribution is 9.10. The fraction of sp³-hybridized carbons (Fsp3) is 0.250. The Labute approximate surface area is 123 Å². The molecule has 0 saturated heterocycles. The predicted octanol–water partition coefficient (Wildman–Crippen LogP) is 2.23. The van der Waals surface area contributed by atoms with E-state index in [2.05, 4.69) is 36.4 Å². The number of nitrogens with zero attached hydrogens (tertiary/aromatic N) is 2. The van der Waals surface area contributed by atoms with Crippen LogP contribution in [0.1, 0.15) is 17.3 Å². The molecule has 2 N–H and O–H groups in total. The Morgan fingerprint density at radius 3 is 2.90 bits per heavy atom. The van der Waals surface area contributed by atoms with Gasteiger partial charge in [0.2, 0.25) is 5.95 Å². The van der Waals surface area contributed by atoms with E-state index in [-0.39, 0.29) is 11.9 Å². The maximum absolute atomic E-state index is 12.1. The van der Waals surface area contributed by atoms with Crippen molar-refractivity contribution in [2.24, 2.45) is 0 Å². The van der Waals surface area contributed by atoms with E-state index >= 15 is 0 Å². The van der Waals surface area contributed by atoms with E-state index in [0.717, 1.165) is 0 Å². The highest BCUT2D eigenvalue weighted by Crippen LogP contribution is 2.36. The lowest BCUT2D eigenvalue weighted by molar-refractivity contribution is 0.102. The number of H-pyrrole nitrogens is 1. The summed E-state index contributed by atoms with van der Waals surface area (Å²) in [4.78, 5) is 15.9. The number of hydrogen-bond donors (Lipinski definition) is 2. The molecule has 1 amide bonds. The molecular formula is C12H13BrN4O3. The second-order valence-corrected chi connectivity index (χ2v) is 4.57. The Balaban J connectivity index is 2.28. The first-order chi connectivity index (χ1) is 9.65. The van der Waals surface area contributed by atoms with Crippen LogP contribution < -0.4 is 14.8 Å². The van der Waals surface area contributed by atoms with E-state index < -0.39 is 0 Å². The van der Waals surface area contributed by atoms with E-state index in [9.17, 15) is 4.79 Å². The number of benzene rings is 1. The third-order valence-corrected chi connectivity index (χ3v) is 3.02. The lowest BCUT2D eigenvalue weighted by Crippen LogP contribution is -2.13. The van der Waals surface area contributed by atoms with E-state index in [4.69, 9.17) is 9.47 Å². The average molecular weight is 341 g/mol. The second-order valence-electron chi connectivity index (χ2n) is 3.71. The van der Waals surface area contributed by atoms with Gasteiger partial charge in [-0.15, -0.1) is 0 Å². The molecule has 8 heteroatoms. The van der Waals surface area contributed by atoms with E-state index in [1.165, 1.54) is 13.4 Å². The van der Waals surface area contributed by atoms with Gasteiger partial charge in [0, 0.05) is 5.56 Å². The quantitative estimate of drug-likeness (QED) is 0.871. The molecule has 0 saturated carbocycles. The van der Waals surface area contributed by atoms with Gasteiger partial charge in [-0.2, -0.15) is 10.1 Å². The van der Waals surface area contributed by atoms with Crippen molar-refractivity contribution in [1.29, 1.82) is 0 Å². The van der Waals surface area contributed by atoms with Crippen molar-refractivity contribution in [3.8, 4) is 11.5 Å². The van der Waals surface area contributed by atoms with Crippen LogP contribution in [0.2, 0.25) is 0 Å². The Kier molecular flexibility index (Phi) is 4.57. The number of carbonyl (C=O) groups is 1. The Morgan fingerprint density at radius 2 is 2.30 bits per heavy atom. The van der Waals surface area contributed by atoms with Crippen molar-refractivity contribution in [1.82, 2.24) is 15.2 Å². The largest absolute Gasteiger partial charge is 0.493 e. The first-order valence-corrected chi connectivity index (χ1v) is 6.62. The highest BCUT2D eigenvalue weighted by Gasteiger charge is 2.16. The number of carbonyl (C=O) groups excluding carboxylic acids is 1. The standard InChI is InChI=1S/C12H13BrN4O3/c1-3-20-10-8(13)4-7(5-9(10)19-2)11(18)16-12-14-6-15-17-12/h4-6H,3H2,1-2H3,(H2,14,15,16,17,18). The van der Waals surface area contributed by atoms with E-state index in [1.54, 1.807) is 12.1 Å². The molecule has 0 aliphatic rings. The molecule has 20 heavy (non-hydrogen) atoms. The predicted molar refractivity (Wildman–Crippen MR) is 76.2 cm³/mol. The summed E-state index contributed by atoms with van der Waals surface area (Å²) in [6.45, 7) is 2.37. The molecule has 0 bridgehead atoms. The molecule has 0 aliphatic heterocycles. The van der Waals surface area contributed by atoms with Crippen LogP contribution in [0.15, 0.2) is 22.9 Å². The van der Waals surface area contributed by atoms with Crippen LogP contribution in [0.5, 0.6) is 11.5 Å². The van der Waals surface area contributed by atoms with Gasteiger partial charge in [0.25, 0.3) is 5.91 Å². The molecule has 1 aromatic carbocycles. The molecule has 1 heterocycles. The van der Waals surface area contributed by atoms with Gasteiger partial charge < -0.3 is 9.47 Å². The number of rotatable bonds is 5. The van der Waals surface area contributed by atoms with Gasteiger partial charge in [0.15, 0.2) is 11.5 Å². The minimum atomic E-state index is -0.330. The number of aromatic nitrogens is 3. The summed E-state index contributed by atoms with van der Waals surface area (Å²) in [6.07, 6.45) is 1.31. The molecule has 0 unspecified atom stereocenters. The van der Waals surface area contributed by atoms with Crippen LogP contribution in [0.25, 0.3) is 0 Å². The normalized spacial score (nSPS) is 10.2. The minimum Gasteiger partial charge on any atom is -0.493 e. The van der Waals surface area contributed by atoms with Crippen LogP contribution in [0, 0.1) is 0 Å². The van der Waals surface area contributed by atoms with Gasteiger partial charge in [-0.25, -0.2) is 5.10 Å². The Morgan fingerprint density at radius 1 is 1.50 bits per heavy atom. The molecule has 0 radical (unpaired) electrons. The van der Waals surface area contributed by atoms with Crippen LogP contribution in [-0.4, -0.2) is 34.8 Å². The molecule has 2 rings (SSSR count). The number of halogens is 1. The van der Waals surface area contributed by atoms with Gasteiger partial charge in [-0.3, -0.25) is 10.1 Å². The Bertz CT molecular complexity index is 601. The fourth-order valence-corrected chi connectivity index (χ4v) is 2.14. The first-order valence-electron chi connectivity index (χ1n) is 5.82. The molecule has 7 nitrogen and oxygen atoms in total. The third kappa shape index (κ3) is 3.08. The smallest absolute Gasteiger partial charge is 0.258 e. The molecule has 0 spiro atoms. The van der Waals surface area contributed by atoms with Crippen molar-refractivity contribution < 1.29 is 14.3 Å². The highest BCUT2D eigenvalue weighted by atomic mass is 79.9. The lowest BCUT2D eigenvalue weighted by Gasteiger charge is -2.13. The summed E-state index contributed by atoms with van der Waals surface area (Å²) in [5, 5.41) is 8.79. The van der Waals surface area contributed by atoms with E-state index in [0.29, 0.717) is 28.1 Å². The number of aromatic amines is 1. The number of anilines is 1. The number of nitrogens with one attached hydrogen (secondary N) is 2. The van der Waals surface area contributed by atoms with Gasteiger partial charge >= 0.3 is 0 Å². The van der Waals surface area contributed by atoms with Crippen LogP contribution in [0.4, 0.5) is 5.95 Å². The van der Waals surface area contributed by atoms with Gasteiger partial charge in [-0.05, 0) is 35.0 Å².